The molecule has 0 heterocycles. The van der Waals surface area contributed by atoms with E-state index in [4.69, 9.17) is 0 Å². The van der Waals surface area contributed by atoms with Gasteiger partial charge in [0.25, 0.3) is 0 Å². The van der Waals surface area contributed by atoms with E-state index < -0.39 is 0 Å². The molecule has 0 heteroatoms. The quantitative estimate of drug-likeness (QED) is 0.494. The lowest BCUT2D eigenvalue weighted by molar-refractivity contribution is 0.863. The predicted octanol–water partition coefficient (Wildman–Crippen LogP) is 4.37. The molecule has 0 fully saturated rings. The Hall–Kier alpha value is -1.04. The maximum atomic E-state index is 3.25. The molecule has 0 atom stereocenters. The van der Waals surface area contributed by atoms with Gasteiger partial charge < -0.3 is 0 Å². The summed E-state index contributed by atoms with van der Waals surface area (Å²) in [6.07, 6.45) is 25.5. The second-order valence-corrected chi connectivity index (χ2v) is 3.43. The van der Waals surface area contributed by atoms with Gasteiger partial charge in [-0.3, -0.25) is 0 Å². The number of hydrogen-bond donors (Lipinski definition) is 0. The zero-order valence-electron chi connectivity index (χ0n) is 8.78. The van der Waals surface area contributed by atoms with Gasteiger partial charge in [0.05, 0.1) is 0 Å². The van der Waals surface area contributed by atoms with E-state index in [9.17, 15) is 0 Å². The summed E-state index contributed by atoms with van der Waals surface area (Å²) in [5, 5.41) is 0. The highest BCUT2D eigenvalue weighted by Gasteiger charge is 1.81. The van der Waals surface area contributed by atoms with E-state index in [1.165, 1.54) is 19.3 Å². The van der Waals surface area contributed by atoms with Crippen molar-refractivity contribution in [3.05, 3.63) is 48.6 Å². The van der Waals surface area contributed by atoms with Crippen molar-refractivity contribution in [2.45, 2.75) is 38.5 Å². The molecule has 1 aliphatic rings. The lowest BCUT2D eigenvalue weighted by Gasteiger charge is -1.91. The molecule has 1 radical (unpaired) electrons. The molecule has 0 bridgehead atoms. The molecule has 0 aromatic heterocycles. The second kappa shape index (κ2) is 8.55. The van der Waals surface area contributed by atoms with Crippen LogP contribution in [0.4, 0.5) is 0 Å². The fraction of sp³-hybridized carbons (Fsp3) is 0.429. The minimum absolute atomic E-state index is 0.946. The molecule has 75 valence electrons. The van der Waals surface area contributed by atoms with Crippen molar-refractivity contribution in [2.24, 2.45) is 0 Å². The van der Waals surface area contributed by atoms with Crippen LogP contribution in [0.3, 0.4) is 0 Å². The molecule has 0 aliphatic heterocycles. The molecule has 0 nitrogen and oxygen atoms in total. The van der Waals surface area contributed by atoms with Crippen LogP contribution in [0.25, 0.3) is 0 Å². The van der Waals surface area contributed by atoms with Gasteiger partial charge in [-0.2, -0.15) is 0 Å². The first kappa shape index (κ1) is 11.0. The summed E-state index contributed by atoms with van der Waals surface area (Å²) in [4.78, 5) is 0. The van der Waals surface area contributed by atoms with Crippen LogP contribution in [0.2, 0.25) is 0 Å². The molecule has 0 amide bonds. The van der Waals surface area contributed by atoms with Crippen LogP contribution in [-0.2, 0) is 0 Å². The number of rotatable bonds is 0. The molecule has 0 saturated carbocycles. The molecule has 0 spiro atoms. The Morgan fingerprint density at radius 1 is 0.714 bits per heavy atom. The van der Waals surface area contributed by atoms with Crippen LogP contribution in [0.15, 0.2) is 42.5 Å². The zero-order chi connectivity index (χ0) is 9.90. The van der Waals surface area contributed by atoms with E-state index in [-0.39, 0.29) is 0 Å². The first-order chi connectivity index (χ1) is 7.00. The minimum atomic E-state index is 0.946. The molecule has 1 aliphatic carbocycles. The van der Waals surface area contributed by atoms with E-state index >= 15 is 0 Å². The van der Waals surface area contributed by atoms with Gasteiger partial charge in [-0.25, -0.2) is 0 Å². The van der Waals surface area contributed by atoms with Gasteiger partial charge in [0.15, 0.2) is 0 Å². The SMILES string of the molecule is [C]1=C/C/C=C\CCC/C=C/C/C=C/C/1. The second-order valence-electron chi connectivity index (χ2n) is 3.43. The summed E-state index contributed by atoms with van der Waals surface area (Å²) in [6.45, 7) is 0. The van der Waals surface area contributed by atoms with Crippen molar-refractivity contribution in [1.29, 1.82) is 0 Å². The summed E-state index contributed by atoms with van der Waals surface area (Å²) < 4.78 is 0. The van der Waals surface area contributed by atoms with Crippen molar-refractivity contribution in [1.82, 2.24) is 0 Å². The molecule has 1 rings (SSSR count). The Labute approximate surface area is 87.7 Å². The first-order valence-electron chi connectivity index (χ1n) is 5.50. The van der Waals surface area contributed by atoms with E-state index in [0.29, 0.717) is 0 Å². The molecule has 0 aromatic carbocycles. The Morgan fingerprint density at radius 3 is 2.29 bits per heavy atom. The van der Waals surface area contributed by atoms with Gasteiger partial charge in [-0.1, -0.05) is 42.5 Å². The third-order valence-corrected chi connectivity index (χ3v) is 2.15. The molecular formula is C14H19. The van der Waals surface area contributed by atoms with Gasteiger partial charge in [0, 0.05) is 0 Å². The largest absolute Gasteiger partial charge is 0.0882 e. The molecule has 0 saturated heterocycles. The lowest BCUT2D eigenvalue weighted by atomic mass is 10.2. The Balaban J connectivity index is 2.34. The monoisotopic (exact) mass is 187 g/mol. The Kier molecular flexibility index (Phi) is 6.74. The maximum absolute atomic E-state index is 3.25. The van der Waals surface area contributed by atoms with Crippen molar-refractivity contribution < 1.29 is 0 Å². The van der Waals surface area contributed by atoms with Gasteiger partial charge in [-0.15, -0.1) is 0 Å². The molecule has 0 aromatic rings. The highest BCUT2D eigenvalue weighted by molar-refractivity contribution is 4.97. The third kappa shape index (κ3) is 6.47. The van der Waals surface area contributed by atoms with Crippen LogP contribution >= 0.6 is 0 Å². The number of hydrogen-bond acceptors (Lipinski definition) is 0. The van der Waals surface area contributed by atoms with Crippen LogP contribution in [-0.4, -0.2) is 0 Å². The average molecular weight is 187 g/mol. The van der Waals surface area contributed by atoms with E-state index in [2.05, 4.69) is 48.6 Å². The fourth-order valence-corrected chi connectivity index (χ4v) is 1.34. The Bertz CT molecular complexity index is 204. The molecule has 14 heavy (non-hydrogen) atoms. The topological polar surface area (TPSA) is 0 Å². The summed E-state index contributed by atoms with van der Waals surface area (Å²) in [6, 6.07) is 0. The van der Waals surface area contributed by atoms with E-state index in [1.807, 2.05) is 0 Å². The zero-order valence-corrected chi connectivity index (χ0v) is 8.78. The summed E-state index contributed by atoms with van der Waals surface area (Å²) in [5.74, 6) is 0. The van der Waals surface area contributed by atoms with Crippen LogP contribution in [0.5, 0.6) is 0 Å². The van der Waals surface area contributed by atoms with Crippen molar-refractivity contribution in [3.63, 3.8) is 0 Å². The van der Waals surface area contributed by atoms with Crippen LogP contribution in [0, 0.1) is 6.08 Å². The lowest BCUT2D eigenvalue weighted by Crippen LogP contribution is -1.71. The van der Waals surface area contributed by atoms with Gasteiger partial charge >= 0.3 is 0 Å². The Morgan fingerprint density at radius 2 is 1.43 bits per heavy atom. The fourth-order valence-electron chi connectivity index (χ4n) is 1.34. The van der Waals surface area contributed by atoms with Gasteiger partial charge in [0.1, 0.15) is 0 Å². The highest BCUT2D eigenvalue weighted by Crippen LogP contribution is 2.01. The average Bonchev–Trinajstić information content (AvgIpc) is 2.22. The molecular weight excluding hydrogens is 168 g/mol. The molecule has 0 N–H and O–H groups in total. The third-order valence-electron chi connectivity index (χ3n) is 2.15. The highest BCUT2D eigenvalue weighted by atomic mass is 13.9. The maximum Gasteiger partial charge on any atom is -0.00977 e. The molecule has 0 unspecified atom stereocenters. The van der Waals surface area contributed by atoms with Crippen molar-refractivity contribution in [2.75, 3.05) is 0 Å². The predicted molar refractivity (Wildman–Crippen MR) is 62.9 cm³/mol. The standard InChI is InChI=1S/C14H19/c1-2-4-6-8-10-12-14-13-11-9-7-5-3-1/h1-2,5,7,10,12-13H,3-4,6,8-9,14H2/b2-1+,7-5+,12-10-,13-11?. The van der Waals surface area contributed by atoms with Crippen molar-refractivity contribution >= 4 is 0 Å². The van der Waals surface area contributed by atoms with Gasteiger partial charge in [-0.05, 0) is 44.6 Å². The summed E-state index contributed by atoms with van der Waals surface area (Å²) in [7, 11) is 0. The van der Waals surface area contributed by atoms with Gasteiger partial charge in [0.2, 0.25) is 0 Å². The normalized spacial score (nSPS) is 28.6. The summed E-state index contributed by atoms with van der Waals surface area (Å²) in [5.41, 5.74) is 0. The first-order valence-corrected chi connectivity index (χ1v) is 5.50. The summed E-state index contributed by atoms with van der Waals surface area (Å²) >= 11 is 0. The van der Waals surface area contributed by atoms with Crippen LogP contribution in [0.1, 0.15) is 38.5 Å². The smallest absolute Gasteiger partial charge is 0.00977 e. The minimum Gasteiger partial charge on any atom is -0.0882 e. The number of allylic oxidation sites excluding steroid dienone is 8. The van der Waals surface area contributed by atoms with Crippen LogP contribution < -0.4 is 0 Å². The van der Waals surface area contributed by atoms with E-state index in [1.54, 1.807) is 0 Å². The van der Waals surface area contributed by atoms with Crippen molar-refractivity contribution in [3.8, 4) is 0 Å². The van der Waals surface area contributed by atoms with E-state index in [0.717, 1.165) is 19.3 Å².